The van der Waals surface area contributed by atoms with Crippen LogP contribution in [0.1, 0.15) is 23.9 Å². The van der Waals surface area contributed by atoms with Crippen LogP contribution in [0.5, 0.6) is 0 Å². The quantitative estimate of drug-likeness (QED) is 0.768. The van der Waals surface area contributed by atoms with Gasteiger partial charge in [-0.05, 0) is 51.0 Å². The molecule has 0 saturated heterocycles. The van der Waals surface area contributed by atoms with Gasteiger partial charge in [0.25, 0.3) is 0 Å². The molecule has 138 valence electrons. The first-order chi connectivity index (χ1) is 13.0. The van der Waals surface area contributed by atoms with Crippen molar-refractivity contribution in [2.75, 3.05) is 16.8 Å². The summed E-state index contributed by atoms with van der Waals surface area (Å²) in [5.74, 6) is -0.0163. The van der Waals surface area contributed by atoms with Crippen LogP contribution in [0.3, 0.4) is 0 Å². The third-order valence-corrected chi connectivity index (χ3v) is 5.22. The molecule has 0 radical (unpaired) electrons. The molecule has 3 aromatic rings. The predicted octanol–water partition coefficient (Wildman–Crippen LogP) is 3.88. The van der Waals surface area contributed by atoms with Gasteiger partial charge < -0.3 is 10.2 Å². The number of rotatable bonds is 4. The number of aryl methyl sites for hydroxylation is 1. The molecule has 2 aromatic carbocycles. The van der Waals surface area contributed by atoms with E-state index in [1.54, 1.807) is 0 Å². The molecule has 1 N–H and O–H groups in total. The SMILES string of the molecule is Cc1nn(-c2ccccc2)c(C)c1NC(=O)CN1c2ccccc2CC1C. The highest BCUT2D eigenvalue weighted by molar-refractivity contribution is 5.95. The van der Waals surface area contributed by atoms with E-state index in [0.717, 1.165) is 34.9 Å². The molecule has 27 heavy (non-hydrogen) atoms. The van der Waals surface area contributed by atoms with E-state index in [9.17, 15) is 4.79 Å². The summed E-state index contributed by atoms with van der Waals surface area (Å²) in [5, 5.41) is 7.69. The second-order valence-corrected chi connectivity index (χ2v) is 7.15. The van der Waals surface area contributed by atoms with E-state index in [4.69, 9.17) is 0 Å². The Morgan fingerprint density at radius 1 is 1.11 bits per heavy atom. The van der Waals surface area contributed by atoms with E-state index in [2.05, 4.69) is 40.4 Å². The van der Waals surface area contributed by atoms with Crippen molar-refractivity contribution in [3.05, 3.63) is 71.5 Å². The average molecular weight is 360 g/mol. The standard InChI is InChI=1S/C22H24N4O/c1-15-13-18-9-7-8-12-20(18)25(15)14-21(27)23-22-16(2)24-26(17(22)3)19-10-5-4-6-11-19/h4-12,15H,13-14H2,1-3H3,(H,23,27). The maximum absolute atomic E-state index is 12.8. The Labute approximate surface area is 159 Å². The highest BCUT2D eigenvalue weighted by atomic mass is 16.2. The number of carbonyl (C=O) groups is 1. The van der Waals surface area contributed by atoms with Crippen LogP contribution < -0.4 is 10.2 Å². The molecular formula is C22H24N4O. The van der Waals surface area contributed by atoms with Gasteiger partial charge in [-0.3, -0.25) is 4.79 Å². The zero-order chi connectivity index (χ0) is 19.0. The molecule has 0 fully saturated rings. The van der Waals surface area contributed by atoms with E-state index in [0.29, 0.717) is 12.6 Å². The maximum Gasteiger partial charge on any atom is 0.244 e. The van der Waals surface area contributed by atoms with Crippen LogP contribution in [0, 0.1) is 13.8 Å². The topological polar surface area (TPSA) is 50.2 Å². The molecule has 1 aliphatic rings. The summed E-state index contributed by atoms with van der Waals surface area (Å²) in [6, 6.07) is 18.6. The van der Waals surface area contributed by atoms with Gasteiger partial charge in [-0.25, -0.2) is 4.68 Å². The summed E-state index contributed by atoms with van der Waals surface area (Å²) >= 11 is 0. The summed E-state index contributed by atoms with van der Waals surface area (Å²) in [5.41, 5.74) is 6.00. The Bertz CT molecular complexity index is 977. The number of fused-ring (bicyclic) bond motifs is 1. The molecule has 2 heterocycles. The first-order valence-electron chi connectivity index (χ1n) is 9.30. The van der Waals surface area contributed by atoms with E-state index in [-0.39, 0.29) is 5.91 Å². The van der Waals surface area contributed by atoms with Gasteiger partial charge in [0.1, 0.15) is 0 Å². The molecule has 4 rings (SSSR count). The van der Waals surface area contributed by atoms with Gasteiger partial charge in [0.15, 0.2) is 0 Å². The minimum Gasteiger partial charge on any atom is -0.359 e. The maximum atomic E-state index is 12.8. The monoisotopic (exact) mass is 360 g/mol. The Hall–Kier alpha value is -3.08. The fourth-order valence-corrected chi connectivity index (χ4v) is 3.85. The van der Waals surface area contributed by atoms with Gasteiger partial charge in [0.2, 0.25) is 5.91 Å². The predicted molar refractivity (Wildman–Crippen MR) is 109 cm³/mol. The summed E-state index contributed by atoms with van der Waals surface area (Å²) in [4.78, 5) is 15.0. The fourth-order valence-electron chi connectivity index (χ4n) is 3.85. The molecule has 1 unspecified atom stereocenters. The van der Waals surface area contributed by atoms with Gasteiger partial charge in [0, 0.05) is 11.7 Å². The molecule has 1 aliphatic heterocycles. The smallest absolute Gasteiger partial charge is 0.244 e. The number of hydrogen-bond donors (Lipinski definition) is 1. The van der Waals surface area contributed by atoms with E-state index in [1.807, 2.05) is 54.9 Å². The molecule has 1 aromatic heterocycles. The fraction of sp³-hybridized carbons (Fsp3) is 0.273. The average Bonchev–Trinajstić information content (AvgIpc) is 3.13. The molecule has 0 bridgehead atoms. The molecule has 0 spiro atoms. The van der Waals surface area contributed by atoms with E-state index in [1.165, 1.54) is 5.56 Å². The zero-order valence-electron chi connectivity index (χ0n) is 15.9. The third-order valence-electron chi connectivity index (χ3n) is 5.22. The molecule has 1 atom stereocenters. The summed E-state index contributed by atoms with van der Waals surface area (Å²) in [6.07, 6.45) is 0.980. The molecule has 1 amide bonds. The second kappa shape index (κ2) is 6.91. The minimum atomic E-state index is -0.0163. The van der Waals surface area contributed by atoms with E-state index >= 15 is 0 Å². The van der Waals surface area contributed by atoms with Crippen LogP contribution in [0.4, 0.5) is 11.4 Å². The summed E-state index contributed by atoms with van der Waals surface area (Å²) in [7, 11) is 0. The van der Waals surface area contributed by atoms with Crippen molar-refractivity contribution >= 4 is 17.3 Å². The van der Waals surface area contributed by atoms with Gasteiger partial charge in [-0.2, -0.15) is 5.10 Å². The number of amides is 1. The van der Waals surface area contributed by atoms with Crippen molar-refractivity contribution in [1.29, 1.82) is 0 Å². The third kappa shape index (κ3) is 3.21. The highest BCUT2D eigenvalue weighted by Gasteiger charge is 2.27. The molecule has 5 nitrogen and oxygen atoms in total. The van der Waals surface area contributed by atoms with Crippen LogP contribution in [0.2, 0.25) is 0 Å². The molecule has 0 saturated carbocycles. The molecule has 0 aliphatic carbocycles. The number of carbonyl (C=O) groups excluding carboxylic acids is 1. The van der Waals surface area contributed by atoms with Gasteiger partial charge in [0.05, 0.1) is 29.3 Å². The zero-order valence-corrected chi connectivity index (χ0v) is 15.9. The van der Waals surface area contributed by atoms with Gasteiger partial charge in [-0.15, -0.1) is 0 Å². The normalized spacial score (nSPS) is 15.7. The van der Waals surface area contributed by atoms with Crippen molar-refractivity contribution in [2.24, 2.45) is 0 Å². The van der Waals surface area contributed by atoms with Crippen LogP contribution in [-0.4, -0.2) is 28.3 Å². The first-order valence-corrected chi connectivity index (χ1v) is 9.30. The minimum absolute atomic E-state index is 0.0163. The lowest BCUT2D eigenvalue weighted by atomic mass is 10.1. The Morgan fingerprint density at radius 3 is 2.59 bits per heavy atom. The number of aromatic nitrogens is 2. The Balaban J connectivity index is 1.53. The number of hydrogen-bond acceptors (Lipinski definition) is 3. The summed E-state index contributed by atoms with van der Waals surface area (Å²) in [6.45, 7) is 6.41. The largest absolute Gasteiger partial charge is 0.359 e. The van der Waals surface area contributed by atoms with Crippen molar-refractivity contribution in [2.45, 2.75) is 33.2 Å². The number of nitrogens with zero attached hydrogens (tertiary/aromatic N) is 3. The number of anilines is 2. The van der Waals surface area contributed by atoms with Gasteiger partial charge >= 0.3 is 0 Å². The summed E-state index contributed by atoms with van der Waals surface area (Å²) < 4.78 is 1.87. The van der Waals surface area contributed by atoms with Gasteiger partial charge in [-0.1, -0.05) is 36.4 Å². The van der Waals surface area contributed by atoms with Crippen LogP contribution in [-0.2, 0) is 11.2 Å². The van der Waals surface area contributed by atoms with Crippen molar-refractivity contribution < 1.29 is 4.79 Å². The number of benzene rings is 2. The molecular weight excluding hydrogens is 336 g/mol. The molecule has 5 heteroatoms. The Morgan fingerprint density at radius 2 is 1.81 bits per heavy atom. The second-order valence-electron chi connectivity index (χ2n) is 7.15. The highest BCUT2D eigenvalue weighted by Crippen LogP contribution is 2.31. The van der Waals surface area contributed by atoms with Crippen LogP contribution >= 0.6 is 0 Å². The number of nitrogens with one attached hydrogen (secondary N) is 1. The lowest BCUT2D eigenvalue weighted by Crippen LogP contribution is -2.37. The van der Waals surface area contributed by atoms with Crippen molar-refractivity contribution in [3.63, 3.8) is 0 Å². The number of para-hydroxylation sites is 2. The van der Waals surface area contributed by atoms with Crippen molar-refractivity contribution in [1.82, 2.24) is 9.78 Å². The van der Waals surface area contributed by atoms with Crippen molar-refractivity contribution in [3.8, 4) is 5.69 Å². The lowest BCUT2D eigenvalue weighted by molar-refractivity contribution is -0.115. The Kier molecular flexibility index (Phi) is 4.44. The first kappa shape index (κ1) is 17.3. The van der Waals surface area contributed by atoms with Crippen LogP contribution in [0.15, 0.2) is 54.6 Å². The van der Waals surface area contributed by atoms with Crippen LogP contribution in [0.25, 0.3) is 5.69 Å². The lowest BCUT2D eigenvalue weighted by Gasteiger charge is -2.24. The van der Waals surface area contributed by atoms with E-state index < -0.39 is 0 Å².